The van der Waals surface area contributed by atoms with Gasteiger partial charge in [-0.1, -0.05) is 154 Å². The van der Waals surface area contributed by atoms with Gasteiger partial charge in [0.15, 0.2) is 0 Å². The van der Waals surface area contributed by atoms with Crippen LogP contribution in [0.2, 0.25) is 0 Å². The molecular formula is C38H61KO7S. The number of rotatable bonds is 29. The van der Waals surface area contributed by atoms with Gasteiger partial charge in [-0.15, -0.1) is 0 Å². The van der Waals surface area contributed by atoms with Crippen molar-refractivity contribution in [3.63, 3.8) is 0 Å². The molecule has 9 heteroatoms. The van der Waals surface area contributed by atoms with E-state index in [2.05, 4.69) is 13.8 Å². The SMILES string of the molecule is CCCCCCCCCCCC/C=C/COC(=O)c1ccc(S(=O)(=O)[O-])cc1C(=O)OC/C=C/CCCCCCCCCCCC.[K+]. The molecule has 0 N–H and O–H groups in total. The minimum atomic E-state index is -4.83. The molecule has 0 heterocycles. The molecule has 7 nitrogen and oxygen atoms in total. The van der Waals surface area contributed by atoms with Crippen molar-refractivity contribution in [3.8, 4) is 0 Å². The predicted octanol–water partition coefficient (Wildman–Crippen LogP) is 7.64. The Morgan fingerprint density at radius 2 is 0.936 bits per heavy atom. The standard InChI is InChI=1S/C38H62O7S.K/c1-3-5-7-9-11-13-15-17-19-21-23-25-27-31-44-37(39)35-30-29-34(46(41,42)43)33-36(35)38(40)45-32-28-26-24-22-20-18-16-14-12-10-8-6-4-2;/h25-30,33H,3-24,31-32H2,1-2H3,(H,41,42,43);/q;+1/p-1/b27-25+,28-26+;. The topological polar surface area (TPSA) is 110 Å². The van der Waals surface area contributed by atoms with Gasteiger partial charge in [-0.25, -0.2) is 18.0 Å². The van der Waals surface area contributed by atoms with E-state index in [0.717, 1.165) is 50.3 Å². The van der Waals surface area contributed by atoms with Crippen LogP contribution in [0.5, 0.6) is 0 Å². The first-order valence-electron chi connectivity index (χ1n) is 18.0. The summed E-state index contributed by atoms with van der Waals surface area (Å²) in [5.74, 6) is -1.68. The summed E-state index contributed by atoms with van der Waals surface area (Å²) in [7, 11) is -4.83. The first kappa shape index (κ1) is 46.2. The van der Waals surface area contributed by atoms with E-state index >= 15 is 0 Å². The fourth-order valence-electron chi connectivity index (χ4n) is 5.30. The van der Waals surface area contributed by atoms with Crippen LogP contribution >= 0.6 is 0 Å². The number of hydrogen-bond acceptors (Lipinski definition) is 7. The quantitative estimate of drug-likeness (QED) is 0.0278. The zero-order valence-electron chi connectivity index (χ0n) is 29.8. The molecule has 0 saturated heterocycles. The third-order valence-electron chi connectivity index (χ3n) is 8.12. The summed E-state index contributed by atoms with van der Waals surface area (Å²) < 4.78 is 45.2. The molecule has 47 heavy (non-hydrogen) atoms. The molecule has 0 spiro atoms. The number of ether oxygens (including phenoxy) is 2. The van der Waals surface area contributed by atoms with Gasteiger partial charge in [0, 0.05) is 0 Å². The number of carbonyl (C=O) groups is 2. The van der Waals surface area contributed by atoms with E-state index in [1.54, 1.807) is 12.2 Å². The molecule has 0 bridgehead atoms. The van der Waals surface area contributed by atoms with E-state index in [0.29, 0.717) is 0 Å². The van der Waals surface area contributed by atoms with Gasteiger partial charge >= 0.3 is 63.3 Å². The normalized spacial score (nSPS) is 11.6. The van der Waals surface area contributed by atoms with E-state index in [4.69, 9.17) is 9.47 Å². The molecule has 0 aliphatic rings. The van der Waals surface area contributed by atoms with Crippen molar-refractivity contribution in [1.82, 2.24) is 0 Å². The van der Waals surface area contributed by atoms with Gasteiger partial charge in [-0.05, 0) is 43.9 Å². The average molecular weight is 701 g/mol. The summed E-state index contributed by atoms with van der Waals surface area (Å²) >= 11 is 0. The van der Waals surface area contributed by atoms with E-state index in [9.17, 15) is 22.6 Å². The second kappa shape index (κ2) is 31.2. The van der Waals surface area contributed by atoms with Crippen LogP contribution in [-0.2, 0) is 19.6 Å². The summed E-state index contributed by atoms with van der Waals surface area (Å²) in [6, 6.07) is 3.01. The Kier molecular flexibility index (Phi) is 30.6. The van der Waals surface area contributed by atoms with Crippen molar-refractivity contribution in [2.24, 2.45) is 0 Å². The van der Waals surface area contributed by atoms with Crippen molar-refractivity contribution >= 4 is 22.1 Å². The maximum Gasteiger partial charge on any atom is 1.00 e. The third-order valence-corrected chi connectivity index (χ3v) is 8.95. The molecule has 0 saturated carbocycles. The van der Waals surface area contributed by atoms with Gasteiger partial charge in [0.1, 0.15) is 23.3 Å². The summed E-state index contributed by atoms with van der Waals surface area (Å²) in [5.41, 5.74) is -0.450. The zero-order chi connectivity index (χ0) is 33.7. The van der Waals surface area contributed by atoms with Crippen LogP contribution in [0, 0.1) is 0 Å². The molecular weight excluding hydrogens is 640 g/mol. The van der Waals surface area contributed by atoms with Crippen molar-refractivity contribution in [2.75, 3.05) is 13.2 Å². The van der Waals surface area contributed by atoms with E-state index < -0.39 is 27.0 Å². The summed E-state index contributed by atoms with van der Waals surface area (Å²) in [6.45, 7) is 4.46. The van der Waals surface area contributed by atoms with Gasteiger partial charge in [-0.2, -0.15) is 0 Å². The Morgan fingerprint density at radius 3 is 1.32 bits per heavy atom. The molecule has 0 aromatic heterocycles. The van der Waals surface area contributed by atoms with Crippen LogP contribution in [0.25, 0.3) is 0 Å². The molecule has 0 atom stereocenters. The Labute approximate surface area is 329 Å². The molecule has 0 radical (unpaired) electrons. The number of allylic oxidation sites excluding steroid dienone is 2. The second-order valence-electron chi connectivity index (χ2n) is 12.2. The maximum absolute atomic E-state index is 12.8. The molecule has 262 valence electrons. The Hall–Kier alpha value is -0.814. The third kappa shape index (κ3) is 24.9. The summed E-state index contributed by atoms with van der Waals surface area (Å²) in [6.07, 6.45) is 34.6. The smallest absolute Gasteiger partial charge is 0.744 e. The zero-order valence-corrected chi connectivity index (χ0v) is 33.7. The van der Waals surface area contributed by atoms with Crippen LogP contribution in [0.4, 0.5) is 0 Å². The molecule has 1 aromatic carbocycles. The Morgan fingerprint density at radius 1 is 0.574 bits per heavy atom. The number of carbonyl (C=O) groups excluding carboxylic acids is 2. The van der Waals surface area contributed by atoms with Crippen LogP contribution in [0.1, 0.15) is 176 Å². The number of benzene rings is 1. The van der Waals surface area contributed by atoms with E-state index in [-0.39, 0.29) is 75.7 Å². The summed E-state index contributed by atoms with van der Waals surface area (Å²) in [5, 5.41) is 0. The van der Waals surface area contributed by atoms with Crippen LogP contribution in [0.3, 0.4) is 0 Å². The number of esters is 2. The number of unbranched alkanes of at least 4 members (excludes halogenated alkanes) is 20. The van der Waals surface area contributed by atoms with Gasteiger partial charge in [-0.3, -0.25) is 0 Å². The minimum Gasteiger partial charge on any atom is -0.744 e. The monoisotopic (exact) mass is 700 g/mol. The summed E-state index contributed by atoms with van der Waals surface area (Å²) in [4.78, 5) is 24.9. The molecule has 0 fully saturated rings. The van der Waals surface area contributed by atoms with E-state index in [1.807, 2.05) is 12.2 Å². The molecule has 1 aromatic rings. The van der Waals surface area contributed by atoms with Crippen molar-refractivity contribution in [2.45, 2.75) is 160 Å². The molecule has 0 aliphatic heterocycles. The first-order valence-corrected chi connectivity index (χ1v) is 19.5. The Balaban J connectivity index is 0.0000212. The van der Waals surface area contributed by atoms with Gasteiger partial charge in [0.05, 0.1) is 16.0 Å². The molecule has 0 amide bonds. The number of hydrogen-bond donors (Lipinski definition) is 0. The van der Waals surface area contributed by atoms with Crippen LogP contribution < -0.4 is 51.4 Å². The van der Waals surface area contributed by atoms with Crippen molar-refractivity contribution < 1.29 is 83.4 Å². The van der Waals surface area contributed by atoms with Gasteiger partial charge in [0.25, 0.3) is 0 Å². The first-order chi connectivity index (χ1) is 22.3. The van der Waals surface area contributed by atoms with Gasteiger partial charge in [0.2, 0.25) is 0 Å². The van der Waals surface area contributed by atoms with Gasteiger partial charge < -0.3 is 14.0 Å². The molecule has 1 rings (SSSR count). The maximum atomic E-state index is 12.8. The second-order valence-corrected chi connectivity index (χ2v) is 13.6. The fourth-order valence-corrected chi connectivity index (χ4v) is 5.80. The van der Waals surface area contributed by atoms with Crippen LogP contribution in [-0.4, -0.2) is 38.1 Å². The van der Waals surface area contributed by atoms with E-state index in [1.165, 1.54) is 109 Å². The average Bonchev–Trinajstić information content (AvgIpc) is 3.04. The molecule has 0 unspecified atom stereocenters. The predicted molar refractivity (Wildman–Crippen MR) is 186 cm³/mol. The minimum absolute atomic E-state index is 0. The largest absolute Gasteiger partial charge is 1.00 e. The molecule has 0 aliphatic carbocycles. The van der Waals surface area contributed by atoms with Crippen LogP contribution in [0.15, 0.2) is 47.4 Å². The van der Waals surface area contributed by atoms with Crippen molar-refractivity contribution in [1.29, 1.82) is 0 Å². The van der Waals surface area contributed by atoms with Crippen molar-refractivity contribution in [3.05, 3.63) is 53.6 Å². The Bertz CT molecular complexity index is 1120. The fraction of sp³-hybridized carbons (Fsp3) is 0.684.